The monoisotopic (exact) mass is 292 g/mol. The van der Waals surface area contributed by atoms with Crippen LogP contribution in [0.3, 0.4) is 0 Å². The number of hydrogen-bond acceptors (Lipinski definition) is 5. The summed E-state index contributed by atoms with van der Waals surface area (Å²) in [6.07, 6.45) is 0.875. The van der Waals surface area contributed by atoms with Gasteiger partial charge in [0.2, 0.25) is 0 Å². The normalized spacial score (nSPS) is 12.5. The van der Waals surface area contributed by atoms with Crippen molar-refractivity contribution in [3.63, 3.8) is 0 Å². The molecule has 0 aliphatic rings. The fraction of sp³-hybridized carbons (Fsp3) is 0.615. The average molecular weight is 292 g/mol. The lowest BCUT2D eigenvalue weighted by Gasteiger charge is -2.13. The summed E-state index contributed by atoms with van der Waals surface area (Å²) in [4.78, 5) is 10.9. The molecule has 1 N–H and O–H groups in total. The lowest BCUT2D eigenvalue weighted by Crippen LogP contribution is -2.17. The predicted molar refractivity (Wildman–Crippen MR) is 75.5 cm³/mol. The van der Waals surface area contributed by atoms with E-state index in [9.17, 15) is 4.79 Å². The van der Waals surface area contributed by atoms with Crippen molar-refractivity contribution in [1.82, 2.24) is 30.0 Å². The molecule has 0 saturated heterocycles. The Hall–Kier alpha value is -2.25. The van der Waals surface area contributed by atoms with Gasteiger partial charge in [-0.3, -0.25) is 9.48 Å². The highest BCUT2D eigenvalue weighted by molar-refractivity contribution is 5.67. The minimum absolute atomic E-state index is 0.00356. The molecule has 0 amide bonds. The molecule has 21 heavy (non-hydrogen) atoms. The number of carbonyl (C=O) groups is 1. The van der Waals surface area contributed by atoms with Gasteiger partial charge in [0, 0.05) is 19.5 Å². The number of aryl methyl sites for hydroxylation is 2. The molecule has 2 heterocycles. The first-order chi connectivity index (χ1) is 10.0. The SMILES string of the molecule is CCC(CC(=O)O)Cn1nnnc1-c1cc(C)nn1CC. The van der Waals surface area contributed by atoms with E-state index in [4.69, 9.17) is 5.11 Å². The van der Waals surface area contributed by atoms with Crippen molar-refractivity contribution in [3.05, 3.63) is 11.8 Å². The number of aromatic nitrogens is 6. The van der Waals surface area contributed by atoms with Crippen LogP contribution in [-0.2, 0) is 17.9 Å². The maximum absolute atomic E-state index is 10.9. The van der Waals surface area contributed by atoms with Crippen LogP contribution in [0.25, 0.3) is 11.5 Å². The van der Waals surface area contributed by atoms with Crippen molar-refractivity contribution in [2.24, 2.45) is 5.92 Å². The predicted octanol–water partition coefficient (Wildman–Crippen LogP) is 1.37. The molecule has 0 spiro atoms. The second-order valence-corrected chi connectivity index (χ2v) is 5.04. The average Bonchev–Trinajstić information content (AvgIpc) is 3.03. The zero-order valence-corrected chi connectivity index (χ0v) is 12.5. The third-order valence-corrected chi connectivity index (χ3v) is 3.43. The molecular formula is C13H20N6O2. The Kier molecular flexibility index (Phi) is 4.66. The largest absolute Gasteiger partial charge is 0.481 e. The Balaban J connectivity index is 2.27. The van der Waals surface area contributed by atoms with Crippen LogP contribution in [0.2, 0.25) is 0 Å². The van der Waals surface area contributed by atoms with E-state index >= 15 is 0 Å². The van der Waals surface area contributed by atoms with Gasteiger partial charge in [-0.15, -0.1) is 5.10 Å². The molecule has 2 aromatic heterocycles. The number of carboxylic acid groups (broad SMARTS) is 1. The Labute approximate surface area is 122 Å². The van der Waals surface area contributed by atoms with Crippen molar-refractivity contribution >= 4 is 5.97 Å². The third kappa shape index (κ3) is 3.45. The van der Waals surface area contributed by atoms with Gasteiger partial charge in [0.05, 0.1) is 5.69 Å². The van der Waals surface area contributed by atoms with Crippen LogP contribution in [-0.4, -0.2) is 41.1 Å². The van der Waals surface area contributed by atoms with Crippen molar-refractivity contribution in [3.8, 4) is 11.5 Å². The molecule has 2 rings (SSSR count). The second kappa shape index (κ2) is 6.47. The molecule has 114 valence electrons. The Morgan fingerprint density at radius 1 is 1.38 bits per heavy atom. The fourth-order valence-corrected chi connectivity index (χ4v) is 2.31. The van der Waals surface area contributed by atoms with Crippen molar-refractivity contribution < 1.29 is 9.90 Å². The number of hydrogen-bond donors (Lipinski definition) is 1. The lowest BCUT2D eigenvalue weighted by atomic mass is 10.0. The molecule has 0 aliphatic carbocycles. The van der Waals surface area contributed by atoms with Crippen LogP contribution in [0.15, 0.2) is 6.07 Å². The molecule has 0 bridgehead atoms. The maximum Gasteiger partial charge on any atom is 0.303 e. The fourth-order valence-electron chi connectivity index (χ4n) is 2.31. The molecule has 0 aliphatic heterocycles. The van der Waals surface area contributed by atoms with Crippen LogP contribution in [0, 0.1) is 12.8 Å². The van der Waals surface area contributed by atoms with E-state index in [-0.39, 0.29) is 12.3 Å². The van der Waals surface area contributed by atoms with Gasteiger partial charge in [-0.2, -0.15) is 5.10 Å². The summed E-state index contributed by atoms with van der Waals surface area (Å²) in [5, 5.41) is 25.1. The molecule has 0 fully saturated rings. The van der Waals surface area contributed by atoms with Crippen LogP contribution in [0.1, 0.15) is 32.4 Å². The lowest BCUT2D eigenvalue weighted by molar-refractivity contribution is -0.138. The summed E-state index contributed by atoms with van der Waals surface area (Å²) in [5.74, 6) is -0.170. The smallest absolute Gasteiger partial charge is 0.303 e. The van der Waals surface area contributed by atoms with Crippen LogP contribution in [0.5, 0.6) is 0 Å². The van der Waals surface area contributed by atoms with Gasteiger partial charge >= 0.3 is 5.97 Å². The van der Waals surface area contributed by atoms with Crippen molar-refractivity contribution in [2.45, 2.75) is 46.7 Å². The van der Waals surface area contributed by atoms with Crippen molar-refractivity contribution in [1.29, 1.82) is 0 Å². The van der Waals surface area contributed by atoms with E-state index in [2.05, 4.69) is 20.6 Å². The zero-order chi connectivity index (χ0) is 15.4. The summed E-state index contributed by atoms with van der Waals surface area (Å²) in [7, 11) is 0. The topological polar surface area (TPSA) is 98.7 Å². The quantitative estimate of drug-likeness (QED) is 0.827. The van der Waals surface area contributed by atoms with Crippen molar-refractivity contribution in [2.75, 3.05) is 0 Å². The summed E-state index contributed by atoms with van der Waals surface area (Å²) < 4.78 is 3.51. The first-order valence-electron chi connectivity index (χ1n) is 7.07. The number of aliphatic carboxylic acids is 1. The number of carboxylic acids is 1. The molecule has 1 atom stereocenters. The zero-order valence-electron chi connectivity index (χ0n) is 12.5. The van der Waals surface area contributed by atoms with Crippen LogP contribution < -0.4 is 0 Å². The van der Waals surface area contributed by atoms with Gasteiger partial charge in [-0.25, -0.2) is 4.68 Å². The minimum atomic E-state index is -0.800. The van der Waals surface area contributed by atoms with E-state index in [0.717, 1.165) is 24.4 Å². The van der Waals surface area contributed by atoms with E-state index in [1.165, 1.54) is 0 Å². The summed E-state index contributed by atoms with van der Waals surface area (Å²) >= 11 is 0. The van der Waals surface area contributed by atoms with E-state index in [0.29, 0.717) is 12.4 Å². The molecule has 0 saturated carbocycles. The molecule has 2 aromatic rings. The number of nitrogens with zero attached hydrogens (tertiary/aromatic N) is 6. The van der Waals surface area contributed by atoms with Gasteiger partial charge in [-0.1, -0.05) is 13.3 Å². The van der Waals surface area contributed by atoms with E-state index in [1.54, 1.807) is 4.68 Å². The molecular weight excluding hydrogens is 272 g/mol. The second-order valence-electron chi connectivity index (χ2n) is 5.04. The Bertz CT molecular complexity index is 618. The Morgan fingerprint density at radius 2 is 2.14 bits per heavy atom. The molecule has 0 radical (unpaired) electrons. The first kappa shape index (κ1) is 15.1. The minimum Gasteiger partial charge on any atom is -0.481 e. The third-order valence-electron chi connectivity index (χ3n) is 3.43. The van der Waals surface area contributed by atoms with Crippen LogP contribution >= 0.6 is 0 Å². The van der Waals surface area contributed by atoms with Gasteiger partial charge < -0.3 is 5.11 Å². The highest BCUT2D eigenvalue weighted by Gasteiger charge is 2.19. The Morgan fingerprint density at radius 3 is 2.76 bits per heavy atom. The first-order valence-corrected chi connectivity index (χ1v) is 7.07. The summed E-state index contributed by atoms with van der Waals surface area (Å²) in [6, 6.07) is 1.93. The van der Waals surface area contributed by atoms with E-state index in [1.807, 2.05) is 31.5 Å². The summed E-state index contributed by atoms with van der Waals surface area (Å²) in [5.41, 5.74) is 1.75. The van der Waals surface area contributed by atoms with Gasteiger partial charge in [0.1, 0.15) is 5.69 Å². The molecule has 0 aromatic carbocycles. The molecule has 8 heteroatoms. The molecule has 1 unspecified atom stereocenters. The van der Waals surface area contributed by atoms with Crippen LogP contribution in [0.4, 0.5) is 0 Å². The van der Waals surface area contributed by atoms with Gasteiger partial charge in [0.15, 0.2) is 5.82 Å². The highest BCUT2D eigenvalue weighted by Crippen LogP contribution is 2.20. The maximum atomic E-state index is 10.9. The van der Waals surface area contributed by atoms with Gasteiger partial charge in [0.25, 0.3) is 0 Å². The van der Waals surface area contributed by atoms with Gasteiger partial charge in [-0.05, 0) is 36.3 Å². The summed E-state index contributed by atoms with van der Waals surface area (Å²) in [6.45, 7) is 7.10. The highest BCUT2D eigenvalue weighted by atomic mass is 16.4. The van der Waals surface area contributed by atoms with E-state index < -0.39 is 5.97 Å². The number of rotatable bonds is 7. The standard InChI is InChI=1S/C13H20N6O2/c1-4-10(7-12(20)21)8-19-13(14-16-17-19)11-6-9(3)15-18(11)5-2/h6,10H,4-5,7-8H2,1-3H3,(H,20,21). The molecule has 8 nitrogen and oxygen atoms in total. The number of tetrazole rings is 1.